The zero-order valence-electron chi connectivity index (χ0n) is 16.8. The van der Waals surface area contributed by atoms with Crippen molar-refractivity contribution in [2.45, 2.75) is 49.8 Å². The van der Waals surface area contributed by atoms with Gasteiger partial charge < -0.3 is 10.0 Å². The Morgan fingerprint density at radius 1 is 1.07 bits per heavy atom. The van der Waals surface area contributed by atoms with Crippen LogP contribution in [0.3, 0.4) is 0 Å². The number of amides is 1. The molecule has 5 heteroatoms. The molecule has 152 valence electrons. The summed E-state index contributed by atoms with van der Waals surface area (Å²) in [6.45, 7) is 2.32. The first-order valence-corrected chi connectivity index (χ1v) is 10.9. The highest BCUT2D eigenvalue weighted by molar-refractivity contribution is 5.80. The maximum atomic E-state index is 13.5. The Morgan fingerprint density at radius 2 is 1.86 bits per heavy atom. The molecular weight excluding hydrogens is 362 g/mol. The molecule has 4 heterocycles. The van der Waals surface area contributed by atoms with Gasteiger partial charge in [-0.15, -0.1) is 0 Å². The summed E-state index contributed by atoms with van der Waals surface area (Å²) in [5, 5.41) is 11.1. The van der Waals surface area contributed by atoms with Gasteiger partial charge in [0.2, 0.25) is 5.91 Å². The van der Waals surface area contributed by atoms with E-state index in [4.69, 9.17) is 0 Å². The minimum Gasteiger partial charge on any atom is -0.385 e. The first kappa shape index (κ1) is 18.8. The highest BCUT2D eigenvalue weighted by atomic mass is 16.3. The number of aliphatic hydroxyl groups is 1. The van der Waals surface area contributed by atoms with Crippen molar-refractivity contribution in [2.75, 3.05) is 19.6 Å². The number of benzene rings is 1. The van der Waals surface area contributed by atoms with Gasteiger partial charge in [-0.2, -0.15) is 0 Å². The van der Waals surface area contributed by atoms with Crippen LogP contribution in [-0.2, 0) is 10.4 Å². The SMILES string of the molecule is O=C([C@@H]1C[C@H](c2ccccc2)N2CCC[C@@H]12)N1CCC(O)(c2cccnc2)CC1. The zero-order chi connectivity index (χ0) is 19.8. The van der Waals surface area contributed by atoms with Crippen molar-refractivity contribution in [3.05, 3.63) is 66.0 Å². The second kappa shape index (κ2) is 7.54. The number of likely N-dealkylation sites (tertiary alicyclic amines) is 1. The summed E-state index contributed by atoms with van der Waals surface area (Å²) < 4.78 is 0. The summed E-state index contributed by atoms with van der Waals surface area (Å²) >= 11 is 0. The van der Waals surface area contributed by atoms with Gasteiger partial charge >= 0.3 is 0 Å². The molecule has 3 fully saturated rings. The molecule has 1 amide bonds. The lowest BCUT2D eigenvalue weighted by atomic mass is 9.84. The molecular formula is C24H29N3O2. The van der Waals surface area contributed by atoms with Crippen LogP contribution in [0.15, 0.2) is 54.9 Å². The van der Waals surface area contributed by atoms with Crippen molar-refractivity contribution >= 4 is 5.91 Å². The van der Waals surface area contributed by atoms with Crippen LogP contribution in [0.5, 0.6) is 0 Å². The molecule has 0 unspecified atom stereocenters. The average Bonchev–Trinajstić information content (AvgIpc) is 3.38. The van der Waals surface area contributed by atoms with E-state index < -0.39 is 5.60 Å². The van der Waals surface area contributed by atoms with Gasteiger partial charge in [-0.05, 0) is 50.3 Å². The van der Waals surface area contributed by atoms with E-state index in [2.05, 4.69) is 40.2 Å². The van der Waals surface area contributed by atoms with Crippen molar-refractivity contribution in [3.63, 3.8) is 0 Å². The van der Waals surface area contributed by atoms with E-state index >= 15 is 0 Å². The van der Waals surface area contributed by atoms with Crippen LogP contribution in [0.2, 0.25) is 0 Å². The molecule has 3 saturated heterocycles. The number of pyridine rings is 1. The van der Waals surface area contributed by atoms with Crippen molar-refractivity contribution in [1.29, 1.82) is 0 Å². The molecule has 0 aliphatic carbocycles. The fourth-order valence-corrected chi connectivity index (χ4v) is 5.69. The Kier molecular flexibility index (Phi) is 4.88. The molecule has 0 radical (unpaired) electrons. The number of hydrogen-bond donors (Lipinski definition) is 1. The number of rotatable bonds is 3. The van der Waals surface area contributed by atoms with Crippen LogP contribution in [0, 0.1) is 5.92 Å². The van der Waals surface area contributed by atoms with Crippen molar-refractivity contribution in [3.8, 4) is 0 Å². The molecule has 0 spiro atoms. The van der Waals surface area contributed by atoms with E-state index in [1.54, 1.807) is 12.4 Å². The summed E-state index contributed by atoms with van der Waals surface area (Å²) in [5.74, 6) is 0.362. The lowest BCUT2D eigenvalue weighted by molar-refractivity contribution is -0.140. The van der Waals surface area contributed by atoms with Crippen LogP contribution in [0.25, 0.3) is 0 Å². The Balaban J connectivity index is 1.29. The second-order valence-electron chi connectivity index (χ2n) is 8.81. The maximum absolute atomic E-state index is 13.5. The smallest absolute Gasteiger partial charge is 0.227 e. The van der Waals surface area contributed by atoms with Gasteiger partial charge in [0, 0.05) is 43.1 Å². The average molecular weight is 392 g/mol. The van der Waals surface area contributed by atoms with E-state index in [0.29, 0.717) is 38.0 Å². The largest absolute Gasteiger partial charge is 0.385 e. The third-order valence-electron chi connectivity index (χ3n) is 7.29. The van der Waals surface area contributed by atoms with Crippen LogP contribution in [0.1, 0.15) is 49.3 Å². The van der Waals surface area contributed by atoms with Crippen molar-refractivity contribution in [1.82, 2.24) is 14.8 Å². The van der Waals surface area contributed by atoms with E-state index in [9.17, 15) is 9.90 Å². The fraction of sp³-hybridized carbons (Fsp3) is 0.500. The molecule has 3 aliphatic rings. The lowest BCUT2D eigenvalue weighted by Gasteiger charge is -2.39. The molecule has 1 aromatic heterocycles. The Bertz CT molecular complexity index is 849. The van der Waals surface area contributed by atoms with Gasteiger partial charge in [0.15, 0.2) is 0 Å². The summed E-state index contributed by atoms with van der Waals surface area (Å²) in [7, 11) is 0. The van der Waals surface area contributed by atoms with Crippen LogP contribution in [0.4, 0.5) is 0 Å². The van der Waals surface area contributed by atoms with Crippen LogP contribution in [-0.4, -0.2) is 51.5 Å². The van der Waals surface area contributed by atoms with Gasteiger partial charge in [0.25, 0.3) is 0 Å². The van der Waals surface area contributed by atoms with Gasteiger partial charge in [-0.3, -0.25) is 14.7 Å². The number of carbonyl (C=O) groups excluding carboxylic acids is 1. The van der Waals surface area contributed by atoms with E-state index in [1.807, 2.05) is 17.0 Å². The van der Waals surface area contributed by atoms with E-state index in [-0.39, 0.29) is 11.8 Å². The monoisotopic (exact) mass is 391 g/mol. The van der Waals surface area contributed by atoms with Crippen LogP contribution >= 0.6 is 0 Å². The van der Waals surface area contributed by atoms with Gasteiger partial charge in [0.05, 0.1) is 11.5 Å². The number of aromatic nitrogens is 1. The quantitative estimate of drug-likeness (QED) is 0.874. The second-order valence-corrected chi connectivity index (χ2v) is 8.81. The van der Waals surface area contributed by atoms with Gasteiger partial charge in [0.1, 0.15) is 0 Å². The van der Waals surface area contributed by atoms with Gasteiger partial charge in [-0.25, -0.2) is 0 Å². The normalized spacial score (nSPS) is 29.0. The number of carbonyl (C=O) groups is 1. The predicted octanol–water partition coefficient (Wildman–Crippen LogP) is 3.12. The molecule has 0 bridgehead atoms. The molecule has 1 N–H and O–H groups in total. The zero-order valence-corrected chi connectivity index (χ0v) is 16.8. The van der Waals surface area contributed by atoms with Crippen LogP contribution < -0.4 is 0 Å². The number of piperidine rings is 1. The third-order valence-corrected chi connectivity index (χ3v) is 7.29. The number of nitrogens with zero attached hydrogens (tertiary/aromatic N) is 3. The minimum absolute atomic E-state index is 0.0762. The molecule has 1 aromatic carbocycles. The first-order valence-electron chi connectivity index (χ1n) is 10.9. The molecule has 5 rings (SSSR count). The Hall–Kier alpha value is -2.24. The first-order chi connectivity index (χ1) is 14.2. The fourth-order valence-electron chi connectivity index (χ4n) is 5.69. The topological polar surface area (TPSA) is 56.7 Å². The summed E-state index contributed by atoms with van der Waals surface area (Å²) in [6.07, 6.45) is 7.83. The Labute approximate surface area is 172 Å². The molecule has 3 atom stereocenters. The number of fused-ring (bicyclic) bond motifs is 1. The Morgan fingerprint density at radius 3 is 2.59 bits per heavy atom. The van der Waals surface area contributed by atoms with Crippen molar-refractivity contribution in [2.24, 2.45) is 5.92 Å². The molecule has 0 saturated carbocycles. The maximum Gasteiger partial charge on any atom is 0.227 e. The molecule has 29 heavy (non-hydrogen) atoms. The summed E-state index contributed by atoms with van der Waals surface area (Å²) in [5.41, 5.74) is 1.32. The summed E-state index contributed by atoms with van der Waals surface area (Å²) in [6, 6.07) is 15.2. The van der Waals surface area contributed by atoms with E-state index in [0.717, 1.165) is 24.9 Å². The predicted molar refractivity (Wildman–Crippen MR) is 111 cm³/mol. The van der Waals surface area contributed by atoms with E-state index in [1.165, 1.54) is 12.0 Å². The highest BCUT2D eigenvalue weighted by Crippen LogP contribution is 2.46. The standard InChI is InChI=1S/C24H29N3O2/c28-23(26-14-10-24(29,11-15-26)19-8-4-12-25-17-19)20-16-22(18-6-2-1-3-7-18)27-13-5-9-21(20)27/h1-4,6-8,12,17,20-22,29H,5,9-11,13-16H2/t20-,21+,22-/m1/s1. The number of hydrogen-bond acceptors (Lipinski definition) is 4. The highest BCUT2D eigenvalue weighted by Gasteiger charge is 2.49. The lowest BCUT2D eigenvalue weighted by Crippen LogP contribution is -2.48. The van der Waals surface area contributed by atoms with Gasteiger partial charge in [-0.1, -0.05) is 36.4 Å². The molecule has 3 aliphatic heterocycles. The van der Waals surface area contributed by atoms with Crippen molar-refractivity contribution < 1.29 is 9.90 Å². The molecule has 5 nitrogen and oxygen atoms in total. The third kappa shape index (κ3) is 3.36. The minimum atomic E-state index is -0.868. The molecule has 2 aromatic rings. The summed E-state index contributed by atoms with van der Waals surface area (Å²) in [4.78, 5) is 22.2.